The van der Waals surface area contributed by atoms with Gasteiger partial charge in [0.15, 0.2) is 5.79 Å². The lowest BCUT2D eigenvalue weighted by Gasteiger charge is -2.41. The van der Waals surface area contributed by atoms with Gasteiger partial charge in [0.2, 0.25) is 10.0 Å². The van der Waals surface area contributed by atoms with E-state index in [2.05, 4.69) is 18.6 Å². The number of methoxy groups -OCH3 is 2. The fourth-order valence-corrected chi connectivity index (χ4v) is 7.13. The molecule has 1 spiro atoms. The lowest BCUT2D eigenvalue weighted by atomic mass is 9.69. The Bertz CT molecular complexity index is 482. The van der Waals surface area contributed by atoms with Crippen LogP contribution in [0.5, 0.6) is 0 Å². The van der Waals surface area contributed by atoms with Gasteiger partial charge in [-0.3, -0.25) is 0 Å². The van der Waals surface area contributed by atoms with Crippen molar-refractivity contribution in [2.75, 3.05) is 20.0 Å². The monoisotopic (exact) mass is 275 g/mol. The van der Waals surface area contributed by atoms with Gasteiger partial charge >= 0.3 is 0 Å². The third-order valence-electron chi connectivity index (χ3n) is 5.86. The third-order valence-corrected chi connectivity index (χ3v) is 7.35. The SMILES string of the molecule is COC1(OC)[C@H]2CC[C@]3(CS(=O)(=O)N[C@H]13)C2(C)C. The van der Waals surface area contributed by atoms with Crippen LogP contribution in [0.1, 0.15) is 26.7 Å². The van der Waals surface area contributed by atoms with Crippen molar-refractivity contribution in [3.63, 3.8) is 0 Å². The van der Waals surface area contributed by atoms with E-state index < -0.39 is 15.8 Å². The first kappa shape index (κ1) is 12.8. The molecule has 1 heterocycles. The summed E-state index contributed by atoms with van der Waals surface area (Å²) in [6.07, 6.45) is 1.89. The first-order valence-electron chi connectivity index (χ1n) is 6.36. The quantitative estimate of drug-likeness (QED) is 0.754. The van der Waals surface area contributed by atoms with Crippen LogP contribution in [-0.2, 0) is 19.5 Å². The molecule has 5 nitrogen and oxygen atoms in total. The Balaban J connectivity index is 2.20. The van der Waals surface area contributed by atoms with Crippen LogP contribution in [0.2, 0.25) is 0 Å². The van der Waals surface area contributed by atoms with Crippen molar-refractivity contribution in [3.8, 4) is 0 Å². The fraction of sp³-hybridized carbons (Fsp3) is 1.00. The molecule has 1 aliphatic heterocycles. The molecule has 0 aromatic heterocycles. The van der Waals surface area contributed by atoms with Gasteiger partial charge in [-0.2, -0.15) is 0 Å². The van der Waals surface area contributed by atoms with E-state index in [4.69, 9.17) is 9.47 Å². The average Bonchev–Trinajstić information content (AvgIpc) is 2.76. The molecule has 0 aromatic carbocycles. The first-order chi connectivity index (χ1) is 8.26. The van der Waals surface area contributed by atoms with Gasteiger partial charge in [-0.25, -0.2) is 13.1 Å². The second-order valence-electron chi connectivity index (χ2n) is 6.41. The summed E-state index contributed by atoms with van der Waals surface area (Å²) in [7, 11) is 0.00177. The van der Waals surface area contributed by atoms with E-state index in [1.807, 2.05) is 0 Å². The molecule has 3 fully saturated rings. The molecule has 3 rings (SSSR count). The number of sulfonamides is 1. The van der Waals surface area contributed by atoms with Crippen LogP contribution in [0.4, 0.5) is 0 Å². The minimum atomic E-state index is -3.22. The van der Waals surface area contributed by atoms with Crippen LogP contribution in [0.15, 0.2) is 0 Å². The zero-order valence-corrected chi connectivity index (χ0v) is 12.1. The second-order valence-corrected chi connectivity index (χ2v) is 8.16. The number of hydrogen-bond acceptors (Lipinski definition) is 4. The number of nitrogens with one attached hydrogen (secondary N) is 1. The first-order valence-corrected chi connectivity index (χ1v) is 8.01. The second kappa shape index (κ2) is 3.29. The highest BCUT2D eigenvalue weighted by atomic mass is 32.2. The lowest BCUT2D eigenvalue weighted by Crippen LogP contribution is -2.57. The van der Waals surface area contributed by atoms with Crippen molar-refractivity contribution in [1.29, 1.82) is 0 Å². The Morgan fingerprint density at radius 3 is 2.39 bits per heavy atom. The van der Waals surface area contributed by atoms with Crippen LogP contribution < -0.4 is 4.72 Å². The molecule has 3 aliphatic rings. The lowest BCUT2D eigenvalue weighted by molar-refractivity contribution is -0.252. The molecule has 6 heteroatoms. The smallest absolute Gasteiger partial charge is 0.212 e. The molecule has 2 saturated carbocycles. The van der Waals surface area contributed by atoms with Crippen molar-refractivity contribution in [1.82, 2.24) is 4.72 Å². The van der Waals surface area contributed by atoms with Crippen LogP contribution in [0.25, 0.3) is 0 Å². The molecule has 0 unspecified atom stereocenters. The molecule has 18 heavy (non-hydrogen) atoms. The third kappa shape index (κ3) is 1.12. The highest BCUT2D eigenvalue weighted by Gasteiger charge is 2.79. The molecule has 104 valence electrons. The number of rotatable bonds is 2. The zero-order chi connectivity index (χ0) is 13.4. The van der Waals surface area contributed by atoms with E-state index in [0.717, 1.165) is 12.8 Å². The fourth-order valence-electron chi connectivity index (χ4n) is 4.94. The Morgan fingerprint density at radius 2 is 1.83 bits per heavy atom. The molecular formula is C12H21NO4S. The van der Waals surface area contributed by atoms with E-state index in [0.29, 0.717) is 0 Å². The Hall–Kier alpha value is -0.170. The minimum Gasteiger partial charge on any atom is -0.351 e. The van der Waals surface area contributed by atoms with Gasteiger partial charge in [0.25, 0.3) is 0 Å². The summed E-state index contributed by atoms with van der Waals surface area (Å²) in [5.41, 5.74) is -0.358. The molecule has 2 bridgehead atoms. The number of hydrogen-bond donors (Lipinski definition) is 1. The molecule has 3 atom stereocenters. The molecule has 0 amide bonds. The Morgan fingerprint density at radius 1 is 1.22 bits per heavy atom. The molecule has 0 aromatic rings. The van der Waals surface area contributed by atoms with Crippen LogP contribution in [0.3, 0.4) is 0 Å². The van der Waals surface area contributed by atoms with Gasteiger partial charge in [-0.15, -0.1) is 0 Å². The highest BCUT2D eigenvalue weighted by Crippen LogP contribution is 2.72. The Labute approximate surface area is 108 Å². The van der Waals surface area contributed by atoms with Crippen LogP contribution in [-0.4, -0.2) is 40.2 Å². The predicted molar refractivity (Wildman–Crippen MR) is 66.4 cm³/mol. The number of fused-ring (bicyclic) bond motifs is 1. The van der Waals surface area contributed by atoms with Gasteiger partial charge in [0, 0.05) is 25.6 Å². The van der Waals surface area contributed by atoms with Crippen molar-refractivity contribution in [2.24, 2.45) is 16.7 Å². The summed E-state index contributed by atoms with van der Waals surface area (Å²) in [5.74, 6) is -0.387. The molecule has 2 aliphatic carbocycles. The maximum Gasteiger partial charge on any atom is 0.212 e. The summed E-state index contributed by atoms with van der Waals surface area (Å²) in [6, 6.07) is -0.265. The normalized spacial score (nSPS) is 46.2. The summed E-state index contributed by atoms with van der Waals surface area (Å²) < 4.78 is 38.1. The Kier molecular flexibility index (Phi) is 2.34. The van der Waals surface area contributed by atoms with Crippen molar-refractivity contribution in [3.05, 3.63) is 0 Å². The van der Waals surface area contributed by atoms with E-state index in [1.165, 1.54) is 0 Å². The highest BCUT2D eigenvalue weighted by molar-refractivity contribution is 7.89. The van der Waals surface area contributed by atoms with Crippen molar-refractivity contribution in [2.45, 2.75) is 38.5 Å². The maximum atomic E-state index is 12.0. The minimum absolute atomic E-state index is 0.0970. The van der Waals surface area contributed by atoms with Crippen molar-refractivity contribution < 1.29 is 17.9 Å². The average molecular weight is 275 g/mol. The summed E-state index contributed by atoms with van der Waals surface area (Å²) in [6.45, 7) is 4.31. The number of ether oxygens (including phenoxy) is 2. The summed E-state index contributed by atoms with van der Waals surface area (Å²) >= 11 is 0. The van der Waals surface area contributed by atoms with Gasteiger partial charge in [0.05, 0.1) is 11.8 Å². The van der Waals surface area contributed by atoms with Gasteiger partial charge in [0.1, 0.15) is 0 Å². The van der Waals surface area contributed by atoms with Crippen LogP contribution in [0, 0.1) is 16.7 Å². The van der Waals surface area contributed by atoms with Gasteiger partial charge in [-0.1, -0.05) is 13.8 Å². The zero-order valence-electron chi connectivity index (χ0n) is 11.3. The standard InChI is InChI=1S/C12H21NO4S/c1-10(2)8-5-6-11(10)7-18(14,15)13-9(11)12(8,16-3)17-4/h8-9,13H,5-7H2,1-4H3/t8-,9-,11+/m0/s1. The molecule has 1 saturated heterocycles. The van der Waals surface area contributed by atoms with Crippen molar-refractivity contribution >= 4 is 10.0 Å². The topological polar surface area (TPSA) is 64.6 Å². The molecule has 1 N–H and O–H groups in total. The molecule has 0 radical (unpaired) electrons. The summed E-state index contributed by atoms with van der Waals surface area (Å²) in [4.78, 5) is 0. The van der Waals surface area contributed by atoms with E-state index in [1.54, 1.807) is 14.2 Å². The predicted octanol–water partition coefficient (Wildman–Crippen LogP) is 0.713. The van der Waals surface area contributed by atoms with Gasteiger partial charge in [-0.05, 0) is 18.3 Å². The molecular weight excluding hydrogens is 254 g/mol. The van der Waals surface area contributed by atoms with Crippen LogP contribution >= 0.6 is 0 Å². The maximum absolute atomic E-state index is 12.0. The van der Waals surface area contributed by atoms with E-state index in [9.17, 15) is 8.42 Å². The summed E-state index contributed by atoms with van der Waals surface area (Å²) in [5, 5.41) is 0. The van der Waals surface area contributed by atoms with E-state index in [-0.39, 0.29) is 28.5 Å². The van der Waals surface area contributed by atoms with Gasteiger partial charge < -0.3 is 9.47 Å². The van der Waals surface area contributed by atoms with E-state index >= 15 is 0 Å². The largest absolute Gasteiger partial charge is 0.351 e.